The molecule has 3 N–H and O–H groups in total. The van der Waals surface area contributed by atoms with E-state index >= 15 is 0 Å². The van der Waals surface area contributed by atoms with Gasteiger partial charge in [-0.1, -0.05) is 26.8 Å². The largest absolute Gasteiger partial charge is 0.393 e. The van der Waals surface area contributed by atoms with Gasteiger partial charge in [0.2, 0.25) is 0 Å². The summed E-state index contributed by atoms with van der Waals surface area (Å²) in [5.41, 5.74) is 7.54. The van der Waals surface area contributed by atoms with Crippen molar-refractivity contribution in [1.82, 2.24) is 0 Å². The zero-order valence-corrected chi connectivity index (χ0v) is 14.9. The van der Waals surface area contributed by atoms with Gasteiger partial charge in [0.05, 0.1) is 11.7 Å². The average Bonchev–Trinajstić information content (AvgIpc) is 2.56. The Morgan fingerprint density at radius 3 is 2.62 bits per heavy atom. The second-order valence-corrected chi connectivity index (χ2v) is 7.68. The van der Waals surface area contributed by atoms with E-state index in [9.17, 15) is 15.3 Å². The number of nitrogens with two attached hydrogens (primary N) is 1. The highest BCUT2D eigenvalue weighted by Gasteiger charge is 2.45. The smallest absolute Gasteiger partial charge is 0.129 e. The summed E-state index contributed by atoms with van der Waals surface area (Å²) < 4.78 is 0. The van der Waals surface area contributed by atoms with Crippen LogP contribution in [0.15, 0.2) is 17.3 Å². The zero-order valence-electron chi connectivity index (χ0n) is 14.9. The third kappa shape index (κ3) is 3.09. The first-order valence-corrected chi connectivity index (χ1v) is 8.55. The lowest BCUT2D eigenvalue weighted by Gasteiger charge is -2.47. The monoisotopic (exact) mass is 329 g/mol. The van der Waals surface area contributed by atoms with Crippen LogP contribution in [-0.4, -0.2) is 17.8 Å². The van der Waals surface area contributed by atoms with E-state index in [1.807, 2.05) is 19.9 Å². The maximum atomic E-state index is 11.5. The summed E-state index contributed by atoms with van der Waals surface area (Å²) in [5, 5.41) is 23.3. The molecule has 0 spiro atoms. The Balaban J connectivity index is 2.64. The van der Waals surface area contributed by atoms with E-state index in [1.165, 1.54) is 0 Å². The van der Waals surface area contributed by atoms with Gasteiger partial charge in [-0.2, -0.15) is 5.26 Å². The predicted octanol–water partition coefficient (Wildman–Crippen LogP) is 3.52. The molecule has 1 aliphatic carbocycles. The number of aliphatic hydroxyl groups excluding tert-OH is 1. The maximum Gasteiger partial charge on any atom is 0.129 e. The summed E-state index contributed by atoms with van der Waals surface area (Å²) >= 11 is 0. The SMILES string of the molecule is Cc1cc(C#N)c(N=O)c(C(C)(CN)C2CC(C)CC(C)C2O)c1. The minimum Gasteiger partial charge on any atom is -0.393 e. The van der Waals surface area contributed by atoms with Crippen LogP contribution in [0.2, 0.25) is 0 Å². The van der Waals surface area contributed by atoms with Crippen molar-refractivity contribution >= 4 is 5.69 Å². The molecule has 5 atom stereocenters. The molecule has 5 nitrogen and oxygen atoms in total. The standard InChI is InChI=1S/C19H27N3O2/c1-11-5-13(3)18(23)16(8-11)19(4,10-21)15-7-12(2)6-14(9-20)17(15)22-24/h6-7,11,13,16,18,23H,5,8,10,21H2,1-4H3. The van der Waals surface area contributed by atoms with Gasteiger partial charge >= 0.3 is 0 Å². The molecule has 24 heavy (non-hydrogen) atoms. The van der Waals surface area contributed by atoms with Gasteiger partial charge in [-0.25, -0.2) is 0 Å². The maximum absolute atomic E-state index is 11.5. The molecule has 0 aliphatic heterocycles. The molecule has 1 aliphatic rings. The summed E-state index contributed by atoms with van der Waals surface area (Å²) in [5.74, 6) is 0.583. The first-order valence-electron chi connectivity index (χ1n) is 8.55. The van der Waals surface area contributed by atoms with Gasteiger partial charge in [0, 0.05) is 12.0 Å². The first-order chi connectivity index (χ1) is 11.3. The third-order valence-electron chi connectivity index (χ3n) is 5.75. The number of aryl methyl sites for hydroxylation is 1. The molecule has 2 rings (SSSR count). The van der Waals surface area contributed by atoms with Crippen molar-refractivity contribution in [3.8, 4) is 6.07 Å². The van der Waals surface area contributed by atoms with E-state index in [-0.39, 0.29) is 29.6 Å². The number of hydrogen-bond acceptors (Lipinski definition) is 5. The molecule has 5 unspecified atom stereocenters. The number of nitrogens with zero attached hydrogens (tertiary/aromatic N) is 2. The second-order valence-electron chi connectivity index (χ2n) is 7.68. The first kappa shape index (κ1) is 18.6. The van der Waals surface area contributed by atoms with Gasteiger partial charge in [0.1, 0.15) is 11.8 Å². The number of nitriles is 1. The van der Waals surface area contributed by atoms with Crippen LogP contribution in [-0.2, 0) is 5.41 Å². The molecular weight excluding hydrogens is 302 g/mol. The third-order valence-corrected chi connectivity index (χ3v) is 5.75. The van der Waals surface area contributed by atoms with Gasteiger partial charge in [0.15, 0.2) is 0 Å². The lowest BCUT2D eigenvalue weighted by Crippen LogP contribution is -2.50. The van der Waals surface area contributed by atoms with Crippen LogP contribution in [0.4, 0.5) is 5.69 Å². The van der Waals surface area contributed by atoms with Crippen molar-refractivity contribution in [2.24, 2.45) is 28.7 Å². The minimum absolute atomic E-state index is 0.0740. The lowest BCUT2D eigenvalue weighted by atomic mass is 9.60. The Hall–Kier alpha value is -1.77. The molecule has 130 valence electrons. The van der Waals surface area contributed by atoms with Crippen LogP contribution in [0.25, 0.3) is 0 Å². The molecule has 1 aromatic carbocycles. The Kier molecular flexibility index (Phi) is 5.42. The number of benzene rings is 1. The summed E-state index contributed by atoms with van der Waals surface area (Å²) in [6.07, 6.45) is 1.34. The molecule has 0 bridgehead atoms. The van der Waals surface area contributed by atoms with Crippen molar-refractivity contribution < 1.29 is 5.11 Å². The molecule has 0 heterocycles. The van der Waals surface area contributed by atoms with Crippen LogP contribution in [0.5, 0.6) is 0 Å². The highest BCUT2D eigenvalue weighted by atomic mass is 16.3. The second kappa shape index (κ2) is 7.00. The van der Waals surface area contributed by atoms with Gasteiger partial charge < -0.3 is 10.8 Å². The van der Waals surface area contributed by atoms with Gasteiger partial charge in [-0.15, -0.1) is 4.91 Å². The number of nitroso groups, excluding NO2 is 1. The van der Waals surface area contributed by atoms with Crippen LogP contribution < -0.4 is 5.73 Å². The summed E-state index contributed by atoms with van der Waals surface area (Å²) in [6, 6.07) is 5.61. The quantitative estimate of drug-likeness (QED) is 0.825. The normalized spacial score (nSPS) is 29.5. The van der Waals surface area contributed by atoms with E-state index in [2.05, 4.69) is 25.1 Å². The Bertz CT molecular complexity index is 667. The Morgan fingerprint density at radius 1 is 1.42 bits per heavy atom. The fourth-order valence-electron chi connectivity index (χ4n) is 4.34. The van der Waals surface area contributed by atoms with Crippen LogP contribution in [0, 0.1) is 40.9 Å². The van der Waals surface area contributed by atoms with Gasteiger partial charge in [0.25, 0.3) is 0 Å². The summed E-state index contributed by atoms with van der Waals surface area (Å²) in [6.45, 7) is 8.39. The molecule has 0 amide bonds. The molecule has 0 aromatic heterocycles. The molecule has 0 saturated heterocycles. The number of rotatable bonds is 4. The topological polar surface area (TPSA) is 99.5 Å². The number of hydrogen-bond donors (Lipinski definition) is 2. The molecule has 0 radical (unpaired) electrons. The molecule has 1 aromatic rings. The highest BCUT2D eigenvalue weighted by molar-refractivity contribution is 5.62. The van der Waals surface area contributed by atoms with Crippen molar-refractivity contribution in [3.63, 3.8) is 0 Å². The van der Waals surface area contributed by atoms with Crippen LogP contribution in [0.1, 0.15) is 50.3 Å². The van der Waals surface area contributed by atoms with E-state index in [4.69, 9.17) is 5.73 Å². The van der Waals surface area contributed by atoms with E-state index in [0.717, 1.165) is 18.4 Å². The van der Waals surface area contributed by atoms with Crippen LogP contribution in [0.3, 0.4) is 0 Å². The number of aliphatic hydroxyl groups is 1. The Labute approximate surface area is 143 Å². The Morgan fingerprint density at radius 2 is 2.08 bits per heavy atom. The minimum atomic E-state index is -0.608. The molecule has 5 heteroatoms. The van der Waals surface area contributed by atoms with E-state index < -0.39 is 11.5 Å². The fourth-order valence-corrected chi connectivity index (χ4v) is 4.34. The summed E-state index contributed by atoms with van der Waals surface area (Å²) in [7, 11) is 0. The highest BCUT2D eigenvalue weighted by Crippen LogP contribution is 2.47. The van der Waals surface area contributed by atoms with E-state index in [0.29, 0.717) is 11.5 Å². The fraction of sp³-hybridized carbons (Fsp3) is 0.632. The van der Waals surface area contributed by atoms with Crippen molar-refractivity contribution in [2.45, 2.75) is 52.1 Å². The van der Waals surface area contributed by atoms with Crippen molar-refractivity contribution in [1.29, 1.82) is 5.26 Å². The van der Waals surface area contributed by atoms with E-state index in [1.54, 1.807) is 6.07 Å². The van der Waals surface area contributed by atoms with Crippen molar-refractivity contribution in [3.05, 3.63) is 33.7 Å². The zero-order chi connectivity index (χ0) is 18.1. The lowest BCUT2D eigenvalue weighted by molar-refractivity contribution is -0.0252. The van der Waals surface area contributed by atoms with Gasteiger partial charge in [-0.3, -0.25) is 0 Å². The molecule has 1 saturated carbocycles. The molecule has 1 fully saturated rings. The van der Waals surface area contributed by atoms with Crippen molar-refractivity contribution in [2.75, 3.05) is 6.54 Å². The van der Waals surface area contributed by atoms with Crippen LogP contribution >= 0.6 is 0 Å². The summed E-state index contributed by atoms with van der Waals surface area (Å²) in [4.78, 5) is 11.5. The average molecular weight is 329 g/mol. The van der Waals surface area contributed by atoms with Gasteiger partial charge in [-0.05, 0) is 59.9 Å². The molecular formula is C19H27N3O2. The predicted molar refractivity (Wildman–Crippen MR) is 94.8 cm³/mol.